The summed E-state index contributed by atoms with van der Waals surface area (Å²) in [5, 5.41) is 42.7. The second-order valence-electron chi connectivity index (χ2n) is 10.3. The molecule has 1 saturated heterocycles. The molecule has 6 heterocycles. The fourth-order valence-electron chi connectivity index (χ4n) is 4.79. The molecule has 0 spiro atoms. The molecule has 0 unspecified atom stereocenters. The number of nitrogens with zero attached hydrogens (tertiary/aromatic N) is 6. The number of anilines is 1. The summed E-state index contributed by atoms with van der Waals surface area (Å²) in [5.74, 6) is -2.82. The monoisotopic (exact) mass is 727 g/mol. The molecule has 0 saturated carbocycles. The second kappa shape index (κ2) is 13.9. The largest absolute Gasteiger partial charge is 0.869 e. The zero-order valence-electron chi connectivity index (χ0n) is 25.1. The van der Waals surface area contributed by atoms with Crippen LogP contribution in [0.2, 0.25) is 0 Å². The normalized spacial score (nSPS) is 17.4. The van der Waals surface area contributed by atoms with Gasteiger partial charge in [-0.2, -0.15) is 10.2 Å². The van der Waals surface area contributed by atoms with Crippen molar-refractivity contribution in [3.63, 3.8) is 0 Å². The maximum absolute atomic E-state index is 13.5. The van der Waals surface area contributed by atoms with Crippen LogP contribution in [0, 0.1) is 0 Å². The van der Waals surface area contributed by atoms with Crippen molar-refractivity contribution in [1.82, 2.24) is 25.1 Å². The van der Waals surface area contributed by atoms with Crippen molar-refractivity contribution in [3.05, 3.63) is 81.2 Å². The predicted molar refractivity (Wildman–Crippen MR) is 173 cm³/mol. The molecule has 4 aromatic rings. The van der Waals surface area contributed by atoms with Gasteiger partial charge in [0.15, 0.2) is 28.6 Å². The maximum atomic E-state index is 13.5. The van der Waals surface area contributed by atoms with E-state index < -0.39 is 40.4 Å². The van der Waals surface area contributed by atoms with E-state index in [1.54, 1.807) is 11.7 Å². The number of nitrogen functional groups attached to an aromatic ring is 1. The Balaban J connectivity index is 1.14. The van der Waals surface area contributed by atoms with Gasteiger partial charge in [0, 0.05) is 52.2 Å². The summed E-state index contributed by atoms with van der Waals surface area (Å²) in [6.07, 6.45) is 4.35. The minimum atomic E-state index is -1.24. The molecule has 6 N–H and O–H groups in total. The molecule has 0 radical (unpaired) electrons. The standard InChI is InChI=1S/C28H25N9O9S3/c1-30-35-4-2-15(3-5-35)47-10-13-11-48-26-22(25(41)37(26)23(13)27(42)43)32-24(40)21(17-12-49-28(29)31-17)34-45-9-14-6-16(33-46-14)18-7-19(38)20(39)8-36(18)44/h2-8,12,22,26,30,44H,9-11H2,1H3,(H4-,29,31,32,39,40,42,43)/b34-21-/t22-,26-/m1/s1. The van der Waals surface area contributed by atoms with E-state index in [2.05, 4.69) is 26.0 Å². The molecule has 4 aromatic heterocycles. The van der Waals surface area contributed by atoms with Gasteiger partial charge in [-0.1, -0.05) is 15.0 Å². The van der Waals surface area contributed by atoms with Crippen LogP contribution < -0.4 is 31.7 Å². The molecule has 1 fully saturated rings. The minimum absolute atomic E-state index is 0.0178. The molecular weight excluding hydrogens is 703 g/mol. The van der Waals surface area contributed by atoms with Gasteiger partial charge < -0.3 is 35.8 Å². The first-order chi connectivity index (χ1) is 23.5. The van der Waals surface area contributed by atoms with E-state index >= 15 is 0 Å². The average Bonchev–Trinajstić information content (AvgIpc) is 3.74. The Morgan fingerprint density at radius 1 is 1.31 bits per heavy atom. The third-order valence-corrected chi connectivity index (χ3v) is 10.3. The number of thiazole rings is 1. The molecule has 18 nitrogen and oxygen atoms in total. The average molecular weight is 728 g/mol. The van der Waals surface area contributed by atoms with Crippen LogP contribution in [0.5, 0.6) is 5.75 Å². The zero-order valence-corrected chi connectivity index (χ0v) is 27.6. The van der Waals surface area contributed by atoms with E-state index in [1.807, 2.05) is 24.5 Å². The molecule has 2 aliphatic rings. The van der Waals surface area contributed by atoms with Crippen LogP contribution in [0.1, 0.15) is 11.5 Å². The number of pyridine rings is 2. The Kier molecular flexibility index (Phi) is 9.47. The molecule has 2 aliphatic heterocycles. The quantitative estimate of drug-likeness (QED) is 0.0315. The van der Waals surface area contributed by atoms with Crippen LogP contribution in [-0.2, 0) is 25.8 Å². The third kappa shape index (κ3) is 6.89. The number of aliphatic carboxylic acids is 1. The predicted octanol–water partition coefficient (Wildman–Crippen LogP) is -0.234. The van der Waals surface area contributed by atoms with E-state index in [-0.39, 0.29) is 46.0 Å². The van der Waals surface area contributed by atoms with E-state index in [0.717, 1.165) is 22.3 Å². The van der Waals surface area contributed by atoms with Crippen LogP contribution in [0.3, 0.4) is 0 Å². The molecule has 0 bridgehead atoms. The lowest BCUT2D eigenvalue weighted by atomic mass is 10.0. The SMILES string of the molecule is CN[n+]1ccc(SCC2=C(C(=O)O)N3C(=O)[C@@H](NC(=O)/C(=N\OCc4cc(-c5cc(=O)c([O-])cn5O)no4)c4csc(N)n4)[C@H]3SC2)cc1. The smallest absolute Gasteiger partial charge is 0.352 e. The van der Waals surface area contributed by atoms with Crippen molar-refractivity contribution in [2.75, 3.05) is 29.7 Å². The highest BCUT2D eigenvalue weighted by atomic mass is 32.2. The summed E-state index contributed by atoms with van der Waals surface area (Å²) in [6, 6.07) is 4.93. The van der Waals surface area contributed by atoms with Gasteiger partial charge in [-0.3, -0.25) is 19.3 Å². The van der Waals surface area contributed by atoms with Crippen LogP contribution >= 0.6 is 34.9 Å². The number of aromatic nitrogens is 4. The van der Waals surface area contributed by atoms with Gasteiger partial charge in [0.05, 0.1) is 7.05 Å². The number of hydrogen-bond acceptors (Lipinski definition) is 16. The fourth-order valence-corrected chi connectivity index (χ4v) is 7.71. The molecule has 2 amide bonds. The number of carboxylic acid groups (broad SMARTS) is 1. The van der Waals surface area contributed by atoms with Crippen LogP contribution in [0.4, 0.5) is 5.13 Å². The molecule has 21 heteroatoms. The van der Waals surface area contributed by atoms with Crippen LogP contribution in [0.25, 0.3) is 11.4 Å². The topological polar surface area (TPSA) is 254 Å². The van der Waals surface area contributed by atoms with Gasteiger partial charge in [-0.05, 0) is 11.3 Å². The Morgan fingerprint density at radius 2 is 2.08 bits per heavy atom. The maximum Gasteiger partial charge on any atom is 0.352 e. The second-order valence-corrected chi connectivity index (χ2v) is 13.3. The van der Waals surface area contributed by atoms with Gasteiger partial charge in [-0.25, -0.2) is 9.78 Å². The van der Waals surface area contributed by atoms with Gasteiger partial charge in [0.2, 0.25) is 12.4 Å². The van der Waals surface area contributed by atoms with Crippen LogP contribution in [-0.4, -0.2) is 83.5 Å². The van der Waals surface area contributed by atoms with Crippen molar-refractivity contribution in [3.8, 4) is 17.1 Å². The number of oxime groups is 1. The minimum Gasteiger partial charge on any atom is -0.869 e. The first-order valence-corrected chi connectivity index (χ1v) is 17.0. The number of hydrogen-bond donors (Lipinski definition) is 5. The van der Waals surface area contributed by atoms with Gasteiger partial charge >= 0.3 is 5.97 Å². The number of fused-ring (bicyclic) bond motifs is 1. The number of nitrogens with one attached hydrogen (secondary N) is 2. The highest BCUT2D eigenvalue weighted by Gasteiger charge is 2.54. The molecule has 49 heavy (non-hydrogen) atoms. The van der Waals surface area contributed by atoms with Gasteiger partial charge in [0.25, 0.3) is 11.8 Å². The first-order valence-electron chi connectivity index (χ1n) is 14.1. The Labute approximate surface area is 287 Å². The van der Waals surface area contributed by atoms with Crippen molar-refractivity contribution in [2.24, 2.45) is 5.16 Å². The Hall–Kier alpha value is -5.54. The lowest BCUT2D eigenvalue weighted by Crippen LogP contribution is -2.71. The Morgan fingerprint density at radius 3 is 2.78 bits per heavy atom. The number of amides is 2. The number of nitrogens with two attached hydrogens (primary N) is 1. The lowest BCUT2D eigenvalue weighted by Gasteiger charge is -2.49. The Bertz CT molecular complexity index is 2060. The number of carbonyl (C=O) groups is 3. The fraction of sp³-hybridized carbons (Fsp3) is 0.214. The van der Waals surface area contributed by atoms with Gasteiger partial charge in [-0.15, -0.1) is 34.9 Å². The summed E-state index contributed by atoms with van der Waals surface area (Å²) in [6.45, 7) is -0.362. The van der Waals surface area contributed by atoms with Crippen molar-refractivity contribution in [2.45, 2.75) is 22.9 Å². The van der Waals surface area contributed by atoms with Crippen molar-refractivity contribution >= 4 is 63.5 Å². The summed E-state index contributed by atoms with van der Waals surface area (Å²) in [4.78, 5) is 62.3. The first kappa shape index (κ1) is 33.4. The highest BCUT2D eigenvalue weighted by Crippen LogP contribution is 2.41. The summed E-state index contributed by atoms with van der Waals surface area (Å²) < 4.78 is 7.35. The molecule has 0 aliphatic carbocycles. The number of carboxylic acids is 1. The third-order valence-electron chi connectivity index (χ3n) is 7.17. The van der Waals surface area contributed by atoms with E-state index in [1.165, 1.54) is 39.9 Å². The van der Waals surface area contributed by atoms with Gasteiger partial charge in [0.1, 0.15) is 34.2 Å². The number of thioether (sulfide) groups is 2. The van der Waals surface area contributed by atoms with Crippen LogP contribution in [0.15, 0.2) is 78.9 Å². The zero-order chi connectivity index (χ0) is 34.8. The summed E-state index contributed by atoms with van der Waals surface area (Å²) in [7, 11) is 1.78. The lowest BCUT2D eigenvalue weighted by molar-refractivity contribution is -0.647. The number of β-lactam (4-membered cyclic amide) rings is 1. The summed E-state index contributed by atoms with van der Waals surface area (Å²) in [5.41, 5.74) is 8.00. The molecule has 0 aromatic carbocycles. The van der Waals surface area contributed by atoms with E-state index in [9.17, 15) is 34.6 Å². The number of carbonyl (C=O) groups excluding carboxylic acids is 2. The number of rotatable bonds is 12. The highest BCUT2D eigenvalue weighted by molar-refractivity contribution is 8.01. The van der Waals surface area contributed by atoms with E-state index in [4.69, 9.17) is 15.1 Å². The molecule has 254 valence electrons. The van der Waals surface area contributed by atoms with Crippen molar-refractivity contribution < 1.29 is 43.8 Å². The summed E-state index contributed by atoms with van der Waals surface area (Å²) >= 11 is 3.81. The molecule has 6 rings (SSSR count). The molecular formula is C28H25N9O9S3. The molecule has 2 atom stereocenters. The van der Waals surface area contributed by atoms with Crippen molar-refractivity contribution in [1.29, 1.82) is 0 Å². The van der Waals surface area contributed by atoms with E-state index in [0.29, 0.717) is 28.0 Å².